The minimum Gasteiger partial charge on any atom is -0.354 e. The third-order valence-electron chi connectivity index (χ3n) is 3.66. The summed E-state index contributed by atoms with van der Waals surface area (Å²) < 4.78 is 25.2. The molecule has 0 saturated heterocycles. The van der Waals surface area contributed by atoms with E-state index in [-0.39, 0.29) is 12.5 Å². The molecule has 0 spiro atoms. The first-order chi connectivity index (χ1) is 12.4. The van der Waals surface area contributed by atoms with Crippen LogP contribution in [0.4, 0.5) is 5.69 Å². The SMILES string of the molecule is Cc1ccc(N(CC(=O)NCCCSc2ccccc2)S(C)(=O)=O)cc1. The van der Waals surface area contributed by atoms with Gasteiger partial charge in [0.05, 0.1) is 11.9 Å². The molecule has 26 heavy (non-hydrogen) atoms. The monoisotopic (exact) mass is 392 g/mol. The van der Waals surface area contributed by atoms with Crippen LogP contribution in [0, 0.1) is 6.92 Å². The van der Waals surface area contributed by atoms with Crippen LogP contribution in [0.3, 0.4) is 0 Å². The molecule has 140 valence electrons. The highest BCUT2D eigenvalue weighted by Crippen LogP contribution is 2.18. The van der Waals surface area contributed by atoms with Gasteiger partial charge < -0.3 is 5.32 Å². The smallest absolute Gasteiger partial charge is 0.240 e. The molecule has 0 aliphatic carbocycles. The van der Waals surface area contributed by atoms with Crippen molar-refractivity contribution >= 4 is 33.4 Å². The Kier molecular flexibility index (Phi) is 7.53. The Hall–Kier alpha value is -1.99. The summed E-state index contributed by atoms with van der Waals surface area (Å²) in [4.78, 5) is 13.3. The van der Waals surface area contributed by atoms with Crippen LogP contribution in [0.5, 0.6) is 0 Å². The maximum absolute atomic E-state index is 12.1. The first-order valence-electron chi connectivity index (χ1n) is 8.35. The number of anilines is 1. The van der Waals surface area contributed by atoms with Gasteiger partial charge in [-0.15, -0.1) is 11.8 Å². The van der Waals surface area contributed by atoms with Crippen molar-refractivity contribution in [2.24, 2.45) is 0 Å². The maximum Gasteiger partial charge on any atom is 0.240 e. The number of hydrogen-bond donors (Lipinski definition) is 1. The zero-order chi connectivity index (χ0) is 19.0. The van der Waals surface area contributed by atoms with E-state index < -0.39 is 10.0 Å². The van der Waals surface area contributed by atoms with Crippen molar-refractivity contribution in [3.05, 3.63) is 60.2 Å². The number of nitrogens with one attached hydrogen (secondary N) is 1. The highest BCUT2D eigenvalue weighted by Gasteiger charge is 2.20. The highest BCUT2D eigenvalue weighted by atomic mass is 32.2. The molecule has 1 N–H and O–H groups in total. The van der Waals surface area contributed by atoms with Gasteiger partial charge in [-0.05, 0) is 43.4 Å². The van der Waals surface area contributed by atoms with Crippen LogP contribution in [-0.4, -0.2) is 39.4 Å². The Bertz CT molecular complexity index is 806. The van der Waals surface area contributed by atoms with Crippen LogP contribution in [0.1, 0.15) is 12.0 Å². The summed E-state index contributed by atoms with van der Waals surface area (Å²) in [5.74, 6) is 0.582. The van der Waals surface area contributed by atoms with Crippen molar-refractivity contribution in [2.45, 2.75) is 18.2 Å². The summed E-state index contributed by atoms with van der Waals surface area (Å²) in [7, 11) is -3.53. The standard InChI is InChI=1S/C19H24N2O3S2/c1-16-9-11-17(12-10-16)21(26(2,23)24)15-19(22)20-13-6-14-25-18-7-4-3-5-8-18/h3-5,7-12H,6,13-15H2,1-2H3,(H,20,22). The van der Waals surface area contributed by atoms with Crippen LogP contribution in [0.25, 0.3) is 0 Å². The van der Waals surface area contributed by atoms with E-state index in [2.05, 4.69) is 17.4 Å². The molecule has 0 aliphatic rings. The molecule has 0 radical (unpaired) electrons. The third kappa shape index (κ3) is 6.72. The van der Waals surface area contributed by atoms with Gasteiger partial charge in [0, 0.05) is 11.4 Å². The largest absolute Gasteiger partial charge is 0.354 e. The van der Waals surface area contributed by atoms with E-state index in [4.69, 9.17) is 0 Å². The highest BCUT2D eigenvalue weighted by molar-refractivity contribution is 7.99. The molecule has 0 bridgehead atoms. The van der Waals surface area contributed by atoms with Crippen molar-refractivity contribution in [1.82, 2.24) is 5.32 Å². The minimum absolute atomic E-state index is 0.215. The Labute approximate surface area is 159 Å². The quantitative estimate of drug-likeness (QED) is 0.526. The zero-order valence-electron chi connectivity index (χ0n) is 15.0. The van der Waals surface area contributed by atoms with Crippen LogP contribution < -0.4 is 9.62 Å². The van der Waals surface area contributed by atoms with Gasteiger partial charge in [-0.25, -0.2) is 8.42 Å². The van der Waals surface area contributed by atoms with Crippen LogP contribution >= 0.6 is 11.8 Å². The Morgan fingerprint density at radius 2 is 1.73 bits per heavy atom. The third-order valence-corrected chi connectivity index (χ3v) is 5.90. The molecule has 0 fully saturated rings. The molecular formula is C19H24N2O3S2. The molecule has 0 saturated carbocycles. The first kappa shape index (κ1) is 20.3. The van der Waals surface area contributed by atoms with E-state index in [9.17, 15) is 13.2 Å². The van der Waals surface area contributed by atoms with Crippen LogP contribution in [0.15, 0.2) is 59.5 Å². The van der Waals surface area contributed by atoms with Gasteiger partial charge in [0.1, 0.15) is 6.54 Å². The van der Waals surface area contributed by atoms with Gasteiger partial charge in [-0.2, -0.15) is 0 Å². The normalized spacial score (nSPS) is 11.2. The van der Waals surface area contributed by atoms with E-state index in [0.29, 0.717) is 12.2 Å². The van der Waals surface area contributed by atoms with Crippen molar-refractivity contribution in [1.29, 1.82) is 0 Å². The lowest BCUT2D eigenvalue weighted by atomic mass is 10.2. The van der Waals surface area contributed by atoms with Gasteiger partial charge in [-0.3, -0.25) is 9.10 Å². The summed E-state index contributed by atoms with van der Waals surface area (Å²) in [6, 6.07) is 17.1. The molecule has 5 nitrogen and oxygen atoms in total. The van der Waals surface area contributed by atoms with E-state index in [0.717, 1.165) is 28.3 Å². The molecule has 0 atom stereocenters. The predicted molar refractivity (Wildman–Crippen MR) is 108 cm³/mol. The molecule has 0 aromatic heterocycles. The number of benzene rings is 2. The van der Waals surface area contributed by atoms with Gasteiger partial charge in [0.25, 0.3) is 0 Å². The molecule has 0 aliphatic heterocycles. The Morgan fingerprint density at radius 1 is 1.08 bits per heavy atom. The fourth-order valence-corrected chi connectivity index (χ4v) is 4.03. The second-order valence-corrected chi connectivity index (χ2v) is 9.05. The molecule has 0 unspecified atom stereocenters. The van der Waals surface area contributed by atoms with Gasteiger partial charge in [-0.1, -0.05) is 35.9 Å². The molecule has 2 aromatic carbocycles. The number of carbonyl (C=O) groups excluding carboxylic acids is 1. The predicted octanol–water partition coefficient (Wildman–Crippen LogP) is 3.06. The van der Waals surface area contributed by atoms with Crippen molar-refractivity contribution in [3.8, 4) is 0 Å². The summed E-state index contributed by atoms with van der Waals surface area (Å²) >= 11 is 1.73. The number of amides is 1. The minimum atomic E-state index is -3.53. The van der Waals surface area contributed by atoms with Crippen molar-refractivity contribution in [3.63, 3.8) is 0 Å². The number of rotatable bonds is 9. The van der Waals surface area contributed by atoms with Crippen molar-refractivity contribution in [2.75, 3.05) is 29.4 Å². The van der Waals surface area contributed by atoms with E-state index >= 15 is 0 Å². The second kappa shape index (κ2) is 9.64. The zero-order valence-corrected chi connectivity index (χ0v) is 16.6. The Balaban J connectivity index is 1.81. The lowest BCUT2D eigenvalue weighted by molar-refractivity contribution is -0.119. The van der Waals surface area contributed by atoms with E-state index in [1.54, 1.807) is 23.9 Å². The second-order valence-electron chi connectivity index (χ2n) is 5.97. The van der Waals surface area contributed by atoms with Gasteiger partial charge in [0.2, 0.25) is 15.9 Å². The van der Waals surface area contributed by atoms with Crippen LogP contribution in [-0.2, 0) is 14.8 Å². The Morgan fingerprint density at radius 3 is 2.35 bits per heavy atom. The molecular weight excluding hydrogens is 368 g/mol. The lowest BCUT2D eigenvalue weighted by Gasteiger charge is -2.22. The number of nitrogens with zero attached hydrogens (tertiary/aromatic N) is 1. The lowest BCUT2D eigenvalue weighted by Crippen LogP contribution is -2.40. The van der Waals surface area contributed by atoms with Gasteiger partial charge >= 0.3 is 0 Å². The average molecular weight is 393 g/mol. The first-order valence-corrected chi connectivity index (χ1v) is 11.2. The molecule has 2 aromatic rings. The van der Waals surface area contributed by atoms with E-state index in [1.807, 2.05) is 37.3 Å². The summed E-state index contributed by atoms with van der Waals surface area (Å²) in [5, 5.41) is 2.79. The summed E-state index contributed by atoms with van der Waals surface area (Å²) in [6.07, 6.45) is 1.92. The fraction of sp³-hybridized carbons (Fsp3) is 0.316. The summed E-state index contributed by atoms with van der Waals surface area (Å²) in [5.41, 5.74) is 1.52. The number of aryl methyl sites for hydroxylation is 1. The molecule has 1 amide bonds. The average Bonchev–Trinajstić information content (AvgIpc) is 2.60. The maximum atomic E-state index is 12.1. The molecule has 7 heteroatoms. The van der Waals surface area contributed by atoms with Gasteiger partial charge in [0.15, 0.2) is 0 Å². The van der Waals surface area contributed by atoms with E-state index in [1.165, 1.54) is 4.90 Å². The topological polar surface area (TPSA) is 66.5 Å². The summed E-state index contributed by atoms with van der Waals surface area (Å²) in [6.45, 7) is 2.23. The number of sulfonamides is 1. The van der Waals surface area contributed by atoms with Crippen LogP contribution in [0.2, 0.25) is 0 Å². The number of carbonyl (C=O) groups is 1. The number of hydrogen-bond acceptors (Lipinski definition) is 4. The number of thioether (sulfide) groups is 1. The molecule has 2 rings (SSSR count). The fourth-order valence-electron chi connectivity index (χ4n) is 2.30. The molecule has 0 heterocycles. The van der Waals surface area contributed by atoms with Crippen molar-refractivity contribution < 1.29 is 13.2 Å².